The molecule has 5 rings (SSSR count). The van der Waals surface area contributed by atoms with Gasteiger partial charge in [-0.2, -0.15) is 0 Å². The van der Waals surface area contributed by atoms with Gasteiger partial charge in [0, 0.05) is 37.4 Å². The van der Waals surface area contributed by atoms with E-state index in [9.17, 15) is 4.39 Å². The topological polar surface area (TPSA) is 22.1 Å². The van der Waals surface area contributed by atoms with Crippen molar-refractivity contribution in [3.63, 3.8) is 0 Å². The number of amidine groups is 1. The highest BCUT2D eigenvalue weighted by Crippen LogP contribution is 2.34. The molecule has 0 spiro atoms. The van der Waals surface area contributed by atoms with E-state index in [4.69, 9.17) is 4.99 Å². The van der Waals surface area contributed by atoms with Crippen LogP contribution in [0, 0.1) is 5.82 Å². The van der Waals surface area contributed by atoms with Crippen LogP contribution in [0.3, 0.4) is 0 Å². The van der Waals surface area contributed by atoms with Crippen molar-refractivity contribution >= 4 is 11.5 Å². The number of hydrogen-bond acceptors (Lipinski definition) is 4. The Bertz CT molecular complexity index is 854. The van der Waals surface area contributed by atoms with Gasteiger partial charge >= 0.3 is 0 Å². The van der Waals surface area contributed by atoms with Gasteiger partial charge in [0.05, 0.1) is 0 Å². The first-order valence-electron chi connectivity index (χ1n) is 11.5. The molecule has 0 amide bonds. The summed E-state index contributed by atoms with van der Waals surface area (Å²) < 4.78 is 13.7. The Kier molecular flexibility index (Phi) is 5.82. The van der Waals surface area contributed by atoms with Crippen LogP contribution in [-0.2, 0) is 0 Å². The number of aliphatic imine (C=N–C) groups is 1. The van der Waals surface area contributed by atoms with Gasteiger partial charge in [-0.05, 0) is 49.9 Å². The molecule has 4 nitrogen and oxygen atoms in total. The smallest absolute Gasteiger partial charge is 0.139 e. The molecule has 0 aliphatic carbocycles. The molecule has 3 heterocycles. The predicted octanol–water partition coefficient (Wildman–Crippen LogP) is 4.72. The van der Waals surface area contributed by atoms with E-state index < -0.39 is 0 Å². The van der Waals surface area contributed by atoms with Crippen molar-refractivity contribution in [3.8, 4) is 0 Å². The molecule has 2 fully saturated rings. The average molecular weight is 407 g/mol. The summed E-state index contributed by atoms with van der Waals surface area (Å²) >= 11 is 0. The maximum absolute atomic E-state index is 13.7. The van der Waals surface area contributed by atoms with E-state index in [0.717, 1.165) is 43.3 Å². The lowest BCUT2D eigenvalue weighted by Gasteiger charge is -2.44. The molecule has 2 atom stereocenters. The Morgan fingerprint density at radius 3 is 1.93 bits per heavy atom. The van der Waals surface area contributed by atoms with Gasteiger partial charge in [-0.15, -0.1) is 0 Å². The van der Waals surface area contributed by atoms with Gasteiger partial charge < -0.3 is 4.90 Å². The summed E-state index contributed by atoms with van der Waals surface area (Å²) in [7, 11) is 0. The third-order valence-corrected chi connectivity index (χ3v) is 6.68. The molecule has 2 saturated heterocycles. The van der Waals surface area contributed by atoms with Crippen LogP contribution >= 0.6 is 0 Å². The first-order chi connectivity index (χ1) is 14.8. The number of hydrogen-bond donors (Lipinski definition) is 0. The second-order valence-electron chi connectivity index (χ2n) is 8.69. The van der Waals surface area contributed by atoms with Crippen molar-refractivity contribution in [2.45, 2.75) is 50.9 Å². The zero-order valence-electron chi connectivity index (χ0n) is 17.6. The molecule has 3 aliphatic rings. The van der Waals surface area contributed by atoms with Crippen molar-refractivity contribution in [1.29, 1.82) is 0 Å². The Balaban J connectivity index is 1.59. The van der Waals surface area contributed by atoms with Gasteiger partial charge in [-0.3, -0.25) is 9.80 Å². The highest BCUT2D eigenvalue weighted by atomic mass is 19.1. The summed E-state index contributed by atoms with van der Waals surface area (Å²) in [5.41, 5.74) is 2.15. The Morgan fingerprint density at radius 1 is 0.700 bits per heavy atom. The largest absolute Gasteiger partial charge is 0.306 e. The summed E-state index contributed by atoms with van der Waals surface area (Å²) in [6, 6.07) is 17.4. The van der Waals surface area contributed by atoms with E-state index in [1.165, 1.54) is 38.5 Å². The minimum Gasteiger partial charge on any atom is -0.306 e. The molecule has 0 radical (unpaired) electrons. The van der Waals surface area contributed by atoms with Crippen molar-refractivity contribution in [1.82, 2.24) is 9.80 Å². The Morgan fingerprint density at radius 2 is 1.30 bits per heavy atom. The van der Waals surface area contributed by atoms with Crippen molar-refractivity contribution in [2.24, 2.45) is 4.99 Å². The number of anilines is 1. The summed E-state index contributed by atoms with van der Waals surface area (Å²) in [6.07, 6.45) is 7.86. The molecule has 0 bridgehead atoms. The molecule has 2 aromatic rings. The summed E-state index contributed by atoms with van der Waals surface area (Å²) in [5, 5.41) is 0. The van der Waals surface area contributed by atoms with Crippen LogP contribution in [0.15, 0.2) is 59.6 Å². The number of halogens is 1. The Hall–Kier alpha value is -2.24. The highest BCUT2D eigenvalue weighted by Gasteiger charge is 2.44. The predicted molar refractivity (Wildman–Crippen MR) is 120 cm³/mol. The standard InChI is InChI=1S/C25H31FN4/c26-21-12-14-22(15-13-21)30-23(20-10-4-1-5-11-20)27-24(28-16-6-2-7-17-28)25(30)29-18-8-3-9-19-29/h1,4-5,10-15,24-25H,2-3,6-9,16-19H2/t24-,25+/m1/s1. The fraction of sp³-hybridized carbons (Fsp3) is 0.480. The molecule has 30 heavy (non-hydrogen) atoms. The quantitative estimate of drug-likeness (QED) is 0.734. The van der Waals surface area contributed by atoms with Crippen LogP contribution in [0.2, 0.25) is 0 Å². The van der Waals surface area contributed by atoms with Gasteiger partial charge in [0.2, 0.25) is 0 Å². The average Bonchev–Trinajstić information content (AvgIpc) is 3.22. The van der Waals surface area contributed by atoms with Crippen LogP contribution in [0.4, 0.5) is 10.1 Å². The van der Waals surface area contributed by atoms with E-state index in [2.05, 4.69) is 39.0 Å². The van der Waals surface area contributed by atoms with Gasteiger partial charge in [-0.1, -0.05) is 43.2 Å². The maximum atomic E-state index is 13.7. The number of rotatable bonds is 4. The summed E-state index contributed by atoms with van der Waals surface area (Å²) in [6.45, 7) is 4.42. The molecule has 3 aliphatic heterocycles. The van der Waals surface area contributed by atoms with Crippen molar-refractivity contribution in [3.05, 3.63) is 66.0 Å². The number of piperidine rings is 2. The van der Waals surface area contributed by atoms with Crippen LogP contribution in [0.25, 0.3) is 0 Å². The Labute approximate surface area is 179 Å². The minimum atomic E-state index is -0.196. The summed E-state index contributed by atoms with van der Waals surface area (Å²) in [5.74, 6) is 0.812. The molecule has 0 aromatic heterocycles. The first-order valence-corrected chi connectivity index (χ1v) is 11.5. The lowest BCUT2D eigenvalue weighted by molar-refractivity contribution is 0.0696. The molecular weight excluding hydrogens is 375 g/mol. The van der Waals surface area contributed by atoms with Crippen molar-refractivity contribution < 1.29 is 4.39 Å². The third kappa shape index (κ3) is 3.88. The third-order valence-electron chi connectivity index (χ3n) is 6.68. The van der Waals surface area contributed by atoms with Gasteiger partial charge in [0.15, 0.2) is 0 Å². The van der Waals surface area contributed by atoms with Crippen molar-refractivity contribution in [2.75, 3.05) is 31.1 Å². The molecular formula is C25H31FN4. The van der Waals surface area contributed by atoms with E-state index in [1.807, 2.05) is 18.2 Å². The minimum absolute atomic E-state index is 0.114. The fourth-order valence-electron chi connectivity index (χ4n) is 5.18. The maximum Gasteiger partial charge on any atom is 0.139 e. The molecule has 0 saturated carbocycles. The molecule has 0 N–H and O–H groups in total. The molecule has 2 aromatic carbocycles. The van der Waals surface area contributed by atoms with E-state index in [0.29, 0.717) is 0 Å². The van der Waals surface area contributed by atoms with E-state index >= 15 is 0 Å². The summed E-state index contributed by atoms with van der Waals surface area (Å²) in [4.78, 5) is 12.9. The first kappa shape index (κ1) is 19.7. The lowest BCUT2D eigenvalue weighted by Crippen LogP contribution is -2.58. The van der Waals surface area contributed by atoms with E-state index in [-0.39, 0.29) is 18.1 Å². The second-order valence-corrected chi connectivity index (χ2v) is 8.69. The van der Waals surface area contributed by atoms with Crippen LogP contribution in [0.5, 0.6) is 0 Å². The number of benzene rings is 2. The molecule has 158 valence electrons. The molecule has 0 unspecified atom stereocenters. The van der Waals surface area contributed by atoms with Gasteiger partial charge in [0.1, 0.15) is 24.0 Å². The van der Waals surface area contributed by atoms with Crippen LogP contribution in [0.1, 0.15) is 44.1 Å². The highest BCUT2D eigenvalue weighted by molar-refractivity contribution is 6.11. The zero-order chi connectivity index (χ0) is 20.3. The van der Waals surface area contributed by atoms with Crippen LogP contribution in [-0.4, -0.2) is 54.1 Å². The second kappa shape index (κ2) is 8.86. The normalized spacial score (nSPS) is 26.0. The fourth-order valence-corrected chi connectivity index (χ4v) is 5.18. The molecule has 5 heteroatoms. The number of nitrogens with zero attached hydrogens (tertiary/aromatic N) is 4. The van der Waals surface area contributed by atoms with Crippen LogP contribution < -0.4 is 4.90 Å². The van der Waals surface area contributed by atoms with Gasteiger partial charge in [0.25, 0.3) is 0 Å². The van der Waals surface area contributed by atoms with Gasteiger partial charge in [-0.25, -0.2) is 9.38 Å². The van der Waals surface area contributed by atoms with E-state index in [1.54, 1.807) is 12.1 Å². The zero-order valence-corrected chi connectivity index (χ0v) is 17.6. The lowest BCUT2D eigenvalue weighted by atomic mass is 10.1. The number of likely N-dealkylation sites (tertiary alicyclic amines) is 2. The SMILES string of the molecule is Fc1ccc(N2C(c3ccccc3)=N[C@H](N3CCCCC3)[C@H]2N2CCCCC2)cc1. The monoisotopic (exact) mass is 406 g/mol.